The fourth-order valence-electron chi connectivity index (χ4n) is 2.01. The molecule has 0 saturated heterocycles. The molecular weight excluding hydrogens is 286 g/mol. The average molecular weight is 303 g/mol. The monoisotopic (exact) mass is 303 g/mol. The molecule has 0 bridgehead atoms. The zero-order valence-electron chi connectivity index (χ0n) is 11.8. The summed E-state index contributed by atoms with van der Waals surface area (Å²) in [4.78, 5) is 4.44. The average Bonchev–Trinajstić information content (AvgIpc) is 2.95. The minimum Gasteiger partial charge on any atom is -0.334 e. The van der Waals surface area contributed by atoms with Crippen molar-refractivity contribution in [2.75, 3.05) is 6.54 Å². The van der Waals surface area contributed by atoms with Crippen LogP contribution in [-0.2, 0) is 23.1 Å². The molecule has 6 heteroatoms. The Hall–Kier alpha value is -2.10. The van der Waals surface area contributed by atoms with E-state index in [1.807, 2.05) is 17.7 Å². The van der Waals surface area contributed by atoms with Gasteiger partial charge in [-0.1, -0.05) is 24.1 Å². The maximum absolute atomic E-state index is 12.6. The quantitative estimate of drug-likeness (QED) is 0.764. The second-order valence-corrected chi connectivity index (χ2v) is 6.36. The topological polar surface area (TPSA) is 55.2 Å². The highest BCUT2D eigenvalue weighted by Crippen LogP contribution is 2.17. The smallest absolute Gasteiger partial charge is 0.244 e. The third-order valence-electron chi connectivity index (χ3n) is 3.11. The Morgan fingerprint density at radius 1 is 1.33 bits per heavy atom. The van der Waals surface area contributed by atoms with Crippen LogP contribution in [0.4, 0.5) is 0 Å². The van der Waals surface area contributed by atoms with Gasteiger partial charge >= 0.3 is 0 Å². The third kappa shape index (κ3) is 3.32. The molecule has 0 atom stereocenters. The van der Waals surface area contributed by atoms with Gasteiger partial charge in [-0.25, -0.2) is 13.4 Å². The SMILES string of the molecule is C#CCN(Cc1nccn1CC)S(=O)(=O)c1ccccc1. The van der Waals surface area contributed by atoms with Crippen LogP contribution in [-0.4, -0.2) is 28.8 Å². The summed E-state index contributed by atoms with van der Waals surface area (Å²) < 4.78 is 28.4. The molecule has 0 unspecified atom stereocenters. The van der Waals surface area contributed by atoms with Crippen LogP contribution < -0.4 is 0 Å². The first-order valence-electron chi connectivity index (χ1n) is 6.58. The lowest BCUT2D eigenvalue weighted by Crippen LogP contribution is -2.32. The number of rotatable bonds is 6. The van der Waals surface area contributed by atoms with E-state index < -0.39 is 10.0 Å². The molecule has 110 valence electrons. The number of aromatic nitrogens is 2. The van der Waals surface area contributed by atoms with Gasteiger partial charge in [0.25, 0.3) is 0 Å². The second kappa shape index (κ2) is 6.57. The normalized spacial score (nSPS) is 11.5. The minimum atomic E-state index is -3.63. The van der Waals surface area contributed by atoms with Crippen LogP contribution in [0.25, 0.3) is 0 Å². The molecule has 2 rings (SSSR count). The highest BCUT2D eigenvalue weighted by atomic mass is 32.2. The summed E-state index contributed by atoms with van der Waals surface area (Å²) in [5.41, 5.74) is 0. The van der Waals surface area contributed by atoms with E-state index in [2.05, 4.69) is 10.9 Å². The number of nitrogens with zero attached hydrogens (tertiary/aromatic N) is 3. The zero-order chi connectivity index (χ0) is 15.3. The van der Waals surface area contributed by atoms with E-state index in [0.29, 0.717) is 5.82 Å². The Morgan fingerprint density at radius 2 is 2.05 bits per heavy atom. The van der Waals surface area contributed by atoms with Crippen molar-refractivity contribution in [3.8, 4) is 12.3 Å². The van der Waals surface area contributed by atoms with Gasteiger partial charge < -0.3 is 4.57 Å². The van der Waals surface area contributed by atoms with Crippen molar-refractivity contribution in [1.82, 2.24) is 13.9 Å². The Balaban J connectivity index is 2.34. The number of hydrogen-bond donors (Lipinski definition) is 0. The van der Waals surface area contributed by atoms with Crippen molar-refractivity contribution >= 4 is 10.0 Å². The first kappa shape index (κ1) is 15.3. The van der Waals surface area contributed by atoms with E-state index in [0.717, 1.165) is 6.54 Å². The lowest BCUT2D eigenvalue weighted by atomic mass is 10.4. The largest absolute Gasteiger partial charge is 0.334 e. The van der Waals surface area contributed by atoms with Gasteiger partial charge in [0.2, 0.25) is 10.0 Å². The molecule has 0 amide bonds. The van der Waals surface area contributed by atoms with Gasteiger partial charge in [0.15, 0.2) is 0 Å². The summed E-state index contributed by atoms with van der Waals surface area (Å²) in [5.74, 6) is 3.08. The molecule has 0 aliphatic carbocycles. The van der Waals surface area contributed by atoms with E-state index >= 15 is 0 Å². The summed E-state index contributed by atoms with van der Waals surface area (Å²) >= 11 is 0. The highest BCUT2D eigenvalue weighted by Gasteiger charge is 2.25. The van der Waals surface area contributed by atoms with Crippen molar-refractivity contribution in [1.29, 1.82) is 0 Å². The van der Waals surface area contributed by atoms with E-state index in [1.54, 1.807) is 36.5 Å². The van der Waals surface area contributed by atoms with Crippen LogP contribution >= 0.6 is 0 Å². The molecule has 21 heavy (non-hydrogen) atoms. The number of imidazole rings is 1. The van der Waals surface area contributed by atoms with Gasteiger partial charge in [0, 0.05) is 18.9 Å². The maximum Gasteiger partial charge on any atom is 0.244 e. The van der Waals surface area contributed by atoms with Crippen LogP contribution in [0.1, 0.15) is 12.7 Å². The van der Waals surface area contributed by atoms with E-state index in [1.165, 1.54) is 4.31 Å². The molecule has 0 saturated carbocycles. The van der Waals surface area contributed by atoms with Crippen LogP contribution in [0.15, 0.2) is 47.6 Å². The first-order valence-corrected chi connectivity index (χ1v) is 8.02. The van der Waals surface area contributed by atoms with E-state index in [-0.39, 0.29) is 18.0 Å². The number of sulfonamides is 1. The van der Waals surface area contributed by atoms with E-state index in [9.17, 15) is 8.42 Å². The van der Waals surface area contributed by atoms with Crippen molar-refractivity contribution < 1.29 is 8.42 Å². The number of aryl methyl sites for hydroxylation is 1. The first-order chi connectivity index (χ1) is 10.1. The predicted octanol–water partition coefficient (Wildman–Crippen LogP) is 1.73. The molecular formula is C15H17N3O2S. The van der Waals surface area contributed by atoms with E-state index in [4.69, 9.17) is 6.42 Å². The van der Waals surface area contributed by atoms with Crippen molar-refractivity contribution in [2.24, 2.45) is 0 Å². The van der Waals surface area contributed by atoms with Crippen LogP contribution in [0.3, 0.4) is 0 Å². The fourth-order valence-corrected chi connectivity index (χ4v) is 3.34. The summed E-state index contributed by atoms with van der Waals surface area (Å²) in [7, 11) is -3.63. The molecule has 0 aliphatic rings. The van der Waals surface area contributed by atoms with Gasteiger partial charge in [-0.05, 0) is 19.1 Å². The van der Waals surface area contributed by atoms with Gasteiger partial charge in [0.05, 0.1) is 18.0 Å². The van der Waals surface area contributed by atoms with Crippen LogP contribution in [0.5, 0.6) is 0 Å². The molecule has 0 N–H and O–H groups in total. The standard InChI is InChI=1S/C15H17N3O2S/c1-3-11-18(13-15-16-10-12-17(15)4-2)21(19,20)14-8-6-5-7-9-14/h1,5-10,12H,4,11,13H2,2H3. The molecule has 1 heterocycles. The molecule has 0 aliphatic heterocycles. The molecule has 5 nitrogen and oxygen atoms in total. The Bertz CT molecular complexity index is 730. The fraction of sp³-hybridized carbons (Fsp3) is 0.267. The van der Waals surface area contributed by atoms with Gasteiger partial charge in [0.1, 0.15) is 5.82 Å². The maximum atomic E-state index is 12.6. The lowest BCUT2D eigenvalue weighted by Gasteiger charge is -2.20. The molecule has 0 spiro atoms. The third-order valence-corrected chi connectivity index (χ3v) is 4.91. The minimum absolute atomic E-state index is 0.00774. The number of terminal acetylenes is 1. The summed E-state index contributed by atoms with van der Waals surface area (Å²) in [6, 6.07) is 8.27. The van der Waals surface area contributed by atoms with Crippen LogP contribution in [0.2, 0.25) is 0 Å². The number of benzene rings is 1. The van der Waals surface area contributed by atoms with Crippen molar-refractivity contribution in [3.05, 3.63) is 48.5 Å². The molecule has 0 fully saturated rings. The van der Waals surface area contributed by atoms with Gasteiger partial charge in [-0.2, -0.15) is 4.31 Å². The summed E-state index contributed by atoms with van der Waals surface area (Å²) in [5, 5.41) is 0. The molecule has 0 radical (unpaired) electrons. The second-order valence-electron chi connectivity index (χ2n) is 4.42. The molecule has 1 aromatic heterocycles. The van der Waals surface area contributed by atoms with Gasteiger partial charge in [-0.15, -0.1) is 6.42 Å². The number of hydrogen-bond acceptors (Lipinski definition) is 3. The summed E-state index contributed by atoms with van der Waals surface area (Å²) in [6.45, 7) is 2.86. The summed E-state index contributed by atoms with van der Waals surface area (Å²) in [6.07, 6.45) is 8.79. The lowest BCUT2D eigenvalue weighted by molar-refractivity contribution is 0.424. The highest BCUT2D eigenvalue weighted by molar-refractivity contribution is 7.89. The predicted molar refractivity (Wildman–Crippen MR) is 80.8 cm³/mol. The Labute approximate surface area is 125 Å². The Morgan fingerprint density at radius 3 is 2.67 bits per heavy atom. The van der Waals surface area contributed by atoms with Gasteiger partial charge in [-0.3, -0.25) is 0 Å². The van der Waals surface area contributed by atoms with Crippen molar-refractivity contribution in [3.63, 3.8) is 0 Å². The Kier molecular flexibility index (Phi) is 4.78. The molecule has 1 aromatic carbocycles. The molecule has 2 aromatic rings. The van der Waals surface area contributed by atoms with Crippen LogP contribution in [0, 0.1) is 12.3 Å². The zero-order valence-corrected chi connectivity index (χ0v) is 12.6. The van der Waals surface area contributed by atoms with Crippen molar-refractivity contribution in [2.45, 2.75) is 24.9 Å².